The number of fused-ring (bicyclic) bond motifs is 1. The average molecular weight is 374 g/mol. The van der Waals surface area contributed by atoms with Gasteiger partial charge in [0.1, 0.15) is 6.04 Å². The first kappa shape index (κ1) is 19.8. The van der Waals surface area contributed by atoms with Gasteiger partial charge in [0.05, 0.1) is 5.75 Å². The predicted molar refractivity (Wildman–Crippen MR) is 102 cm³/mol. The number of amides is 2. The number of nitrogens with one attached hydrogen (secondary N) is 1. The van der Waals surface area contributed by atoms with Crippen LogP contribution in [0.15, 0.2) is 47.4 Å². The van der Waals surface area contributed by atoms with Crippen LogP contribution in [-0.4, -0.2) is 52.7 Å². The van der Waals surface area contributed by atoms with E-state index in [-0.39, 0.29) is 30.7 Å². The topological polar surface area (TPSA) is 86.7 Å². The van der Waals surface area contributed by atoms with Crippen molar-refractivity contribution >= 4 is 40.3 Å². The van der Waals surface area contributed by atoms with Crippen molar-refractivity contribution in [3.8, 4) is 0 Å². The van der Waals surface area contributed by atoms with Gasteiger partial charge < -0.3 is 15.3 Å². The summed E-state index contributed by atoms with van der Waals surface area (Å²) in [6.45, 7) is 3.22. The van der Waals surface area contributed by atoms with Crippen LogP contribution in [0.25, 0.3) is 10.8 Å². The quantitative estimate of drug-likeness (QED) is 0.693. The summed E-state index contributed by atoms with van der Waals surface area (Å²) in [5.74, 6) is -1.43. The number of carboxylic acid groups (broad SMARTS) is 1. The minimum atomic E-state index is -1.07. The van der Waals surface area contributed by atoms with E-state index in [0.29, 0.717) is 0 Å². The number of carbonyl (C=O) groups excluding carboxylic acids is 2. The number of hydrogen-bond acceptors (Lipinski definition) is 4. The van der Waals surface area contributed by atoms with Crippen LogP contribution >= 0.6 is 11.8 Å². The van der Waals surface area contributed by atoms with Crippen LogP contribution in [0, 0.1) is 0 Å². The first-order chi connectivity index (χ1) is 12.4. The Kier molecular flexibility index (Phi) is 7.03. The lowest BCUT2D eigenvalue weighted by atomic mass is 10.1. The summed E-state index contributed by atoms with van der Waals surface area (Å²) in [5.41, 5.74) is 0. The second kappa shape index (κ2) is 9.24. The maximum atomic E-state index is 12.5. The van der Waals surface area contributed by atoms with E-state index in [1.54, 1.807) is 0 Å². The third-order valence-corrected chi connectivity index (χ3v) is 4.93. The van der Waals surface area contributed by atoms with Crippen LogP contribution < -0.4 is 5.32 Å². The zero-order valence-corrected chi connectivity index (χ0v) is 15.6. The first-order valence-electron chi connectivity index (χ1n) is 8.27. The summed E-state index contributed by atoms with van der Waals surface area (Å²) in [6.07, 6.45) is 0. The van der Waals surface area contributed by atoms with Gasteiger partial charge >= 0.3 is 5.97 Å². The van der Waals surface area contributed by atoms with Crippen molar-refractivity contribution in [3.63, 3.8) is 0 Å². The van der Waals surface area contributed by atoms with Crippen molar-refractivity contribution in [2.45, 2.75) is 24.8 Å². The maximum absolute atomic E-state index is 12.5. The van der Waals surface area contributed by atoms with Crippen molar-refractivity contribution < 1.29 is 19.5 Å². The molecule has 0 radical (unpaired) electrons. The summed E-state index contributed by atoms with van der Waals surface area (Å²) in [7, 11) is 0. The Hall–Kier alpha value is -2.54. The fourth-order valence-electron chi connectivity index (χ4n) is 2.51. The molecule has 138 valence electrons. The Morgan fingerprint density at radius 2 is 1.85 bits per heavy atom. The van der Waals surface area contributed by atoms with Crippen LogP contribution in [0.4, 0.5) is 0 Å². The molecule has 2 aromatic rings. The van der Waals surface area contributed by atoms with Crippen molar-refractivity contribution in [2.24, 2.45) is 0 Å². The molecule has 0 aliphatic heterocycles. The highest BCUT2D eigenvalue weighted by molar-refractivity contribution is 8.00. The molecule has 6 nitrogen and oxygen atoms in total. The molecular formula is C19H22N2O4S. The predicted octanol–water partition coefficient (Wildman–Crippen LogP) is 2.37. The average Bonchev–Trinajstić information content (AvgIpc) is 2.62. The largest absolute Gasteiger partial charge is 0.480 e. The van der Waals surface area contributed by atoms with Gasteiger partial charge in [0.15, 0.2) is 0 Å². The molecule has 2 N–H and O–H groups in total. The number of benzene rings is 2. The van der Waals surface area contributed by atoms with E-state index in [1.165, 1.54) is 30.5 Å². The van der Waals surface area contributed by atoms with Gasteiger partial charge in [-0.1, -0.05) is 30.3 Å². The van der Waals surface area contributed by atoms with E-state index in [1.807, 2.05) is 42.5 Å². The molecule has 7 heteroatoms. The molecule has 26 heavy (non-hydrogen) atoms. The van der Waals surface area contributed by atoms with Gasteiger partial charge in [-0.25, -0.2) is 4.79 Å². The van der Waals surface area contributed by atoms with E-state index in [0.717, 1.165) is 15.7 Å². The molecule has 0 aromatic heterocycles. The molecule has 0 aliphatic rings. The lowest BCUT2D eigenvalue weighted by Crippen LogP contribution is -2.47. The molecule has 2 amide bonds. The van der Waals surface area contributed by atoms with Gasteiger partial charge in [0.2, 0.25) is 11.8 Å². The lowest BCUT2D eigenvalue weighted by molar-refractivity contribution is -0.148. The van der Waals surface area contributed by atoms with Gasteiger partial charge in [0, 0.05) is 24.9 Å². The minimum absolute atomic E-state index is 0.135. The van der Waals surface area contributed by atoms with Crippen molar-refractivity contribution in [3.05, 3.63) is 42.5 Å². The summed E-state index contributed by atoms with van der Waals surface area (Å²) < 4.78 is 0. The van der Waals surface area contributed by atoms with E-state index >= 15 is 0 Å². The van der Waals surface area contributed by atoms with E-state index in [2.05, 4.69) is 5.32 Å². The minimum Gasteiger partial charge on any atom is -0.480 e. The van der Waals surface area contributed by atoms with Crippen LogP contribution in [0.5, 0.6) is 0 Å². The molecule has 0 aliphatic carbocycles. The monoisotopic (exact) mass is 374 g/mol. The van der Waals surface area contributed by atoms with Gasteiger partial charge in [-0.2, -0.15) is 0 Å². The zero-order chi connectivity index (χ0) is 19.1. The normalized spacial score (nSPS) is 11.8. The van der Waals surface area contributed by atoms with E-state index < -0.39 is 12.0 Å². The third-order valence-electron chi connectivity index (χ3n) is 3.96. The number of carboxylic acids is 1. The standard InChI is InChI=1S/C19H22N2O4S/c1-13(19(24)25)21(10-9-20-14(2)22)18(23)12-26-17-8-7-15-5-3-4-6-16(15)11-17/h3-8,11,13H,9-10,12H2,1-2H3,(H,20,22)(H,24,25). The zero-order valence-electron chi connectivity index (χ0n) is 14.8. The molecule has 2 aromatic carbocycles. The highest BCUT2D eigenvalue weighted by Gasteiger charge is 2.25. The number of thioether (sulfide) groups is 1. The number of rotatable bonds is 8. The molecule has 0 saturated carbocycles. The Labute approximate surface area is 156 Å². The molecule has 1 unspecified atom stereocenters. The Balaban J connectivity index is 2.02. The first-order valence-corrected chi connectivity index (χ1v) is 9.25. The number of nitrogens with zero attached hydrogens (tertiary/aromatic N) is 1. The van der Waals surface area contributed by atoms with Gasteiger partial charge in [-0.05, 0) is 29.8 Å². The number of carbonyl (C=O) groups is 3. The molecule has 0 bridgehead atoms. The summed E-state index contributed by atoms with van der Waals surface area (Å²) in [5, 5.41) is 14.0. The van der Waals surface area contributed by atoms with Gasteiger partial charge in [0.25, 0.3) is 0 Å². The maximum Gasteiger partial charge on any atom is 0.326 e. The fraction of sp³-hybridized carbons (Fsp3) is 0.316. The summed E-state index contributed by atoms with van der Waals surface area (Å²) >= 11 is 1.37. The van der Waals surface area contributed by atoms with Crippen LogP contribution in [0.1, 0.15) is 13.8 Å². The summed E-state index contributed by atoms with van der Waals surface area (Å²) in [6, 6.07) is 13.0. The van der Waals surface area contributed by atoms with Crippen molar-refractivity contribution in [1.82, 2.24) is 10.2 Å². The summed E-state index contributed by atoms with van der Waals surface area (Å²) in [4.78, 5) is 37.0. The van der Waals surface area contributed by atoms with Crippen molar-refractivity contribution in [1.29, 1.82) is 0 Å². The Morgan fingerprint density at radius 1 is 1.15 bits per heavy atom. The smallest absolute Gasteiger partial charge is 0.326 e. The SMILES string of the molecule is CC(=O)NCCN(C(=O)CSc1ccc2ccccc2c1)C(C)C(=O)O. The highest BCUT2D eigenvalue weighted by atomic mass is 32.2. The van der Waals surface area contributed by atoms with Crippen molar-refractivity contribution in [2.75, 3.05) is 18.8 Å². The fourth-order valence-corrected chi connectivity index (χ4v) is 3.34. The molecule has 0 spiro atoms. The lowest BCUT2D eigenvalue weighted by Gasteiger charge is -2.26. The number of hydrogen-bond donors (Lipinski definition) is 2. The van der Waals surface area contributed by atoms with Crippen LogP contribution in [0.2, 0.25) is 0 Å². The Bertz CT molecular complexity index is 809. The van der Waals surface area contributed by atoms with E-state index in [4.69, 9.17) is 0 Å². The highest BCUT2D eigenvalue weighted by Crippen LogP contribution is 2.24. The number of aliphatic carboxylic acids is 1. The molecule has 1 atom stereocenters. The van der Waals surface area contributed by atoms with Crippen LogP contribution in [-0.2, 0) is 14.4 Å². The molecule has 0 fully saturated rings. The van der Waals surface area contributed by atoms with E-state index in [9.17, 15) is 19.5 Å². The molecular weight excluding hydrogens is 352 g/mol. The molecule has 0 heterocycles. The van der Waals surface area contributed by atoms with Gasteiger partial charge in [-0.3, -0.25) is 9.59 Å². The van der Waals surface area contributed by atoms with Gasteiger partial charge in [-0.15, -0.1) is 11.8 Å². The molecule has 0 saturated heterocycles. The third kappa shape index (κ3) is 5.49. The molecule has 2 rings (SSSR count). The second-order valence-corrected chi connectivity index (χ2v) is 6.93. The second-order valence-electron chi connectivity index (χ2n) is 5.88. The van der Waals surface area contributed by atoms with Crippen LogP contribution in [0.3, 0.4) is 0 Å². The Morgan fingerprint density at radius 3 is 2.50 bits per heavy atom.